The Labute approximate surface area is 179 Å². The van der Waals surface area contributed by atoms with Crippen LogP contribution in [0.2, 0.25) is 0 Å². The molecule has 0 aromatic carbocycles. The Morgan fingerprint density at radius 3 is 2.73 bits per heavy atom. The minimum atomic E-state index is -0.717. The van der Waals surface area contributed by atoms with Crippen LogP contribution in [0.25, 0.3) is 0 Å². The van der Waals surface area contributed by atoms with Gasteiger partial charge in [-0.25, -0.2) is 0 Å². The van der Waals surface area contributed by atoms with Gasteiger partial charge >= 0.3 is 5.97 Å². The van der Waals surface area contributed by atoms with E-state index in [-0.39, 0.29) is 42.4 Å². The van der Waals surface area contributed by atoms with Crippen molar-refractivity contribution in [3.63, 3.8) is 0 Å². The number of carbonyl (C=O) groups excluding carboxylic acids is 1. The van der Waals surface area contributed by atoms with Crippen LogP contribution in [0.5, 0.6) is 0 Å². The number of hydrogen-bond acceptors (Lipinski definition) is 7. The van der Waals surface area contributed by atoms with Gasteiger partial charge in [0.15, 0.2) is 5.79 Å². The van der Waals surface area contributed by atoms with Crippen molar-refractivity contribution in [3.05, 3.63) is 24.3 Å². The van der Waals surface area contributed by atoms with E-state index in [0.717, 1.165) is 12.8 Å². The van der Waals surface area contributed by atoms with Crippen molar-refractivity contribution >= 4 is 5.97 Å². The molecule has 0 aromatic heterocycles. The van der Waals surface area contributed by atoms with Gasteiger partial charge in [-0.3, -0.25) is 4.79 Å². The minimum absolute atomic E-state index is 0.00878. The highest BCUT2D eigenvalue weighted by molar-refractivity contribution is 5.72. The third-order valence-corrected chi connectivity index (χ3v) is 6.50. The summed E-state index contributed by atoms with van der Waals surface area (Å²) in [5, 5.41) is 19.2. The first-order valence-corrected chi connectivity index (χ1v) is 11.0. The molecule has 3 saturated heterocycles. The average molecular weight is 425 g/mol. The van der Waals surface area contributed by atoms with E-state index >= 15 is 0 Å². The van der Waals surface area contributed by atoms with E-state index in [9.17, 15) is 15.0 Å². The lowest BCUT2D eigenvalue weighted by Crippen LogP contribution is -2.39. The maximum absolute atomic E-state index is 11.8. The number of aliphatic hydroxyl groups excluding tert-OH is 2. The van der Waals surface area contributed by atoms with Crippen LogP contribution < -0.4 is 0 Å². The number of aliphatic hydroxyl groups is 2. The third kappa shape index (κ3) is 5.14. The molecule has 3 rings (SSSR count). The number of fused-ring (bicyclic) bond motifs is 1. The number of rotatable bonds is 8. The molecule has 170 valence electrons. The summed E-state index contributed by atoms with van der Waals surface area (Å²) in [6.07, 6.45) is 9.73. The number of hydrogen-bond donors (Lipinski definition) is 2. The Kier molecular flexibility index (Phi) is 7.40. The molecule has 3 heterocycles. The molecule has 0 saturated carbocycles. The zero-order valence-electron chi connectivity index (χ0n) is 18.5. The van der Waals surface area contributed by atoms with Crippen molar-refractivity contribution in [1.29, 1.82) is 0 Å². The molecule has 8 atom stereocenters. The second-order valence-corrected chi connectivity index (χ2v) is 9.34. The lowest BCUT2D eigenvalue weighted by atomic mass is 9.86. The smallest absolute Gasteiger partial charge is 0.311 e. The van der Waals surface area contributed by atoms with Crippen LogP contribution in [0.3, 0.4) is 0 Å². The van der Waals surface area contributed by atoms with E-state index in [1.54, 1.807) is 13.8 Å². The second-order valence-electron chi connectivity index (χ2n) is 9.34. The van der Waals surface area contributed by atoms with Gasteiger partial charge in [0.25, 0.3) is 0 Å². The summed E-state index contributed by atoms with van der Waals surface area (Å²) in [4.78, 5) is 11.8. The molecular weight excluding hydrogens is 388 g/mol. The van der Waals surface area contributed by atoms with E-state index in [4.69, 9.17) is 18.9 Å². The quantitative estimate of drug-likeness (QED) is 0.457. The first kappa shape index (κ1) is 23.4. The van der Waals surface area contributed by atoms with Gasteiger partial charge in [-0.15, -0.1) is 0 Å². The summed E-state index contributed by atoms with van der Waals surface area (Å²) in [6, 6.07) is 0. The van der Waals surface area contributed by atoms with Crippen molar-refractivity contribution in [3.8, 4) is 0 Å². The molecule has 7 nitrogen and oxygen atoms in total. The van der Waals surface area contributed by atoms with E-state index < -0.39 is 17.8 Å². The van der Waals surface area contributed by atoms with Crippen LogP contribution in [-0.2, 0) is 23.7 Å². The molecule has 3 aliphatic heterocycles. The fourth-order valence-corrected chi connectivity index (χ4v) is 4.24. The van der Waals surface area contributed by atoms with Gasteiger partial charge < -0.3 is 29.2 Å². The Bertz CT molecular complexity index is 660. The van der Waals surface area contributed by atoms with Gasteiger partial charge in [-0.2, -0.15) is 0 Å². The first-order valence-electron chi connectivity index (χ1n) is 11.0. The van der Waals surface area contributed by atoms with E-state index in [0.29, 0.717) is 19.4 Å². The monoisotopic (exact) mass is 424 g/mol. The van der Waals surface area contributed by atoms with E-state index in [1.807, 2.05) is 38.2 Å². The molecule has 0 aromatic rings. The summed E-state index contributed by atoms with van der Waals surface area (Å²) in [5.74, 6) is -1.51. The van der Waals surface area contributed by atoms with Gasteiger partial charge in [0.1, 0.15) is 6.10 Å². The fourth-order valence-electron chi connectivity index (χ4n) is 4.24. The molecule has 0 aliphatic carbocycles. The molecule has 0 bridgehead atoms. The predicted octanol–water partition coefficient (Wildman–Crippen LogP) is 2.50. The van der Waals surface area contributed by atoms with Gasteiger partial charge in [0, 0.05) is 24.7 Å². The summed E-state index contributed by atoms with van der Waals surface area (Å²) in [6.45, 7) is 7.64. The fraction of sp³-hybridized carbons (Fsp3) is 0.783. The molecule has 7 heteroatoms. The SMILES string of the molecule is CC(CC=CC=CC1CCC2(CC3OCC(C)(CO)C3O2)O1)OC(=O)C(C)C(C)O. The molecule has 2 N–H and O–H groups in total. The summed E-state index contributed by atoms with van der Waals surface area (Å²) in [5.41, 5.74) is -0.360. The second kappa shape index (κ2) is 9.49. The van der Waals surface area contributed by atoms with Crippen LogP contribution >= 0.6 is 0 Å². The van der Waals surface area contributed by atoms with Crippen LogP contribution in [0, 0.1) is 11.3 Å². The summed E-state index contributed by atoms with van der Waals surface area (Å²) >= 11 is 0. The Morgan fingerprint density at radius 1 is 1.27 bits per heavy atom. The van der Waals surface area contributed by atoms with Crippen molar-refractivity contribution < 1.29 is 34.0 Å². The normalized spacial score (nSPS) is 39.1. The summed E-state index contributed by atoms with van der Waals surface area (Å²) < 4.78 is 23.7. The third-order valence-electron chi connectivity index (χ3n) is 6.50. The number of esters is 1. The van der Waals surface area contributed by atoms with E-state index in [1.165, 1.54) is 0 Å². The molecule has 0 radical (unpaired) electrons. The average Bonchev–Trinajstić information content (AvgIpc) is 3.36. The molecule has 3 fully saturated rings. The maximum atomic E-state index is 11.8. The number of ether oxygens (including phenoxy) is 4. The minimum Gasteiger partial charge on any atom is -0.462 e. The Morgan fingerprint density at radius 2 is 2.03 bits per heavy atom. The zero-order chi connectivity index (χ0) is 21.9. The van der Waals surface area contributed by atoms with Gasteiger partial charge in [0.05, 0.1) is 43.5 Å². The molecule has 30 heavy (non-hydrogen) atoms. The van der Waals surface area contributed by atoms with Crippen molar-refractivity contribution in [2.45, 2.75) is 89.7 Å². The van der Waals surface area contributed by atoms with Crippen molar-refractivity contribution in [2.75, 3.05) is 13.2 Å². The molecule has 3 aliphatic rings. The molecule has 0 amide bonds. The molecule has 8 unspecified atom stereocenters. The first-order chi connectivity index (χ1) is 14.2. The maximum Gasteiger partial charge on any atom is 0.311 e. The highest BCUT2D eigenvalue weighted by Gasteiger charge is 2.60. The van der Waals surface area contributed by atoms with Crippen LogP contribution in [0.15, 0.2) is 24.3 Å². The van der Waals surface area contributed by atoms with Crippen LogP contribution in [0.1, 0.15) is 53.4 Å². The highest BCUT2D eigenvalue weighted by atomic mass is 16.7. The van der Waals surface area contributed by atoms with Gasteiger partial charge in [-0.05, 0) is 27.2 Å². The van der Waals surface area contributed by atoms with E-state index in [2.05, 4.69) is 0 Å². The van der Waals surface area contributed by atoms with Crippen molar-refractivity contribution in [1.82, 2.24) is 0 Å². The zero-order valence-corrected chi connectivity index (χ0v) is 18.5. The lowest BCUT2D eigenvalue weighted by molar-refractivity contribution is -0.226. The molecule has 1 spiro atoms. The Balaban J connectivity index is 1.41. The number of allylic oxidation sites excluding steroid dienone is 2. The largest absolute Gasteiger partial charge is 0.462 e. The highest BCUT2D eigenvalue weighted by Crippen LogP contribution is 2.50. The van der Waals surface area contributed by atoms with Crippen LogP contribution in [0.4, 0.5) is 0 Å². The number of carbonyl (C=O) groups is 1. The van der Waals surface area contributed by atoms with Gasteiger partial charge in [0.2, 0.25) is 0 Å². The lowest BCUT2D eigenvalue weighted by Gasteiger charge is -2.30. The predicted molar refractivity (Wildman–Crippen MR) is 111 cm³/mol. The Hall–Kier alpha value is -1.25. The van der Waals surface area contributed by atoms with Gasteiger partial charge in [-0.1, -0.05) is 31.2 Å². The van der Waals surface area contributed by atoms with Crippen molar-refractivity contribution in [2.24, 2.45) is 11.3 Å². The topological polar surface area (TPSA) is 94.5 Å². The molecular formula is C23H36O7. The summed E-state index contributed by atoms with van der Waals surface area (Å²) in [7, 11) is 0. The standard InChI is InChI=1S/C23H36O7/c1-15(28-21(26)16(2)17(3)25)8-6-5-7-9-18-10-11-23(29-18)12-19-20(30-23)22(4,13-24)14-27-19/h5-7,9,15-20,24-25H,8,10-14H2,1-4H3. The van der Waals surface area contributed by atoms with Crippen LogP contribution in [-0.4, -0.2) is 65.7 Å².